The van der Waals surface area contributed by atoms with Crippen LogP contribution in [0.3, 0.4) is 0 Å². The first-order chi connectivity index (χ1) is 7.63. The van der Waals surface area contributed by atoms with E-state index in [1.165, 1.54) is 6.33 Å². The highest BCUT2D eigenvalue weighted by molar-refractivity contribution is 5.38. The van der Waals surface area contributed by atoms with Crippen molar-refractivity contribution in [3.05, 3.63) is 41.9 Å². The van der Waals surface area contributed by atoms with Gasteiger partial charge >= 0.3 is 0 Å². The van der Waals surface area contributed by atoms with E-state index in [9.17, 15) is 5.11 Å². The van der Waals surface area contributed by atoms with E-state index >= 15 is 0 Å². The standard InChI is InChI=1S/C12H12N2O2/c1-8-3-10(15)6-11(4-8)16-12-5-9(2)13-7-14-12/h3-7,15H,1-2H3. The van der Waals surface area contributed by atoms with Crippen LogP contribution < -0.4 is 4.74 Å². The molecule has 2 aromatic rings. The summed E-state index contributed by atoms with van der Waals surface area (Å²) < 4.78 is 5.51. The molecule has 0 amide bonds. The highest BCUT2D eigenvalue weighted by Crippen LogP contribution is 2.25. The van der Waals surface area contributed by atoms with Crippen LogP contribution in [0.15, 0.2) is 30.6 Å². The second kappa shape index (κ2) is 4.18. The highest BCUT2D eigenvalue weighted by atomic mass is 16.5. The molecule has 0 saturated carbocycles. The summed E-state index contributed by atoms with van der Waals surface area (Å²) in [4.78, 5) is 7.96. The summed E-state index contributed by atoms with van der Waals surface area (Å²) in [5, 5.41) is 9.41. The predicted octanol–water partition coefficient (Wildman–Crippen LogP) is 2.59. The van der Waals surface area contributed by atoms with E-state index in [2.05, 4.69) is 9.97 Å². The van der Waals surface area contributed by atoms with Crippen LogP contribution in [-0.4, -0.2) is 15.1 Å². The molecule has 0 fully saturated rings. The number of aryl methyl sites for hydroxylation is 2. The van der Waals surface area contributed by atoms with Gasteiger partial charge in [0.1, 0.15) is 17.8 Å². The quantitative estimate of drug-likeness (QED) is 0.838. The number of rotatable bonds is 2. The molecule has 4 nitrogen and oxygen atoms in total. The van der Waals surface area contributed by atoms with Crippen LogP contribution >= 0.6 is 0 Å². The Morgan fingerprint density at radius 2 is 1.88 bits per heavy atom. The van der Waals surface area contributed by atoms with E-state index in [-0.39, 0.29) is 5.75 Å². The minimum Gasteiger partial charge on any atom is -0.508 e. The highest BCUT2D eigenvalue weighted by Gasteiger charge is 2.01. The first kappa shape index (κ1) is 10.4. The smallest absolute Gasteiger partial charge is 0.222 e. The van der Waals surface area contributed by atoms with Gasteiger partial charge in [-0.2, -0.15) is 0 Å². The van der Waals surface area contributed by atoms with Crippen LogP contribution in [0.2, 0.25) is 0 Å². The van der Waals surface area contributed by atoms with Crippen molar-refractivity contribution in [1.82, 2.24) is 9.97 Å². The third-order valence-electron chi connectivity index (χ3n) is 2.04. The van der Waals surface area contributed by atoms with Gasteiger partial charge in [-0.1, -0.05) is 0 Å². The van der Waals surface area contributed by atoms with Gasteiger partial charge in [-0.3, -0.25) is 0 Å². The van der Waals surface area contributed by atoms with Crippen molar-refractivity contribution in [3.8, 4) is 17.4 Å². The SMILES string of the molecule is Cc1cc(O)cc(Oc2cc(C)ncn2)c1. The molecule has 1 heterocycles. The number of hydrogen-bond donors (Lipinski definition) is 1. The molecule has 1 aromatic heterocycles. The first-order valence-electron chi connectivity index (χ1n) is 4.90. The minimum atomic E-state index is 0.181. The summed E-state index contributed by atoms with van der Waals surface area (Å²) >= 11 is 0. The molecule has 0 radical (unpaired) electrons. The lowest BCUT2D eigenvalue weighted by Gasteiger charge is -2.06. The Kier molecular flexibility index (Phi) is 2.72. The number of aromatic hydroxyl groups is 1. The van der Waals surface area contributed by atoms with Crippen molar-refractivity contribution in [2.45, 2.75) is 13.8 Å². The van der Waals surface area contributed by atoms with Gasteiger partial charge in [0.15, 0.2) is 0 Å². The largest absolute Gasteiger partial charge is 0.508 e. The molecule has 0 aliphatic carbocycles. The molecule has 4 heteroatoms. The predicted molar refractivity (Wildman–Crippen MR) is 59.7 cm³/mol. The summed E-state index contributed by atoms with van der Waals surface area (Å²) in [6.45, 7) is 3.75. The molecule has 0 bridgehead atoms. The van der Waals surface area contributed by atoms with Gasteiger partial charge in [-0.25, -0.2) is 9.97 Å². The summed E-state index contributed by atoms with van der Waals surface area (Å²) in [7, 11) is 0. The maximum atomic E-state index is 9.41. The second-order valence-corrected chi connectivity index (χ2v) is 3.60. The van der Waals surface area contributed by atoms with Crippen LogP contribution in [0.25, 0.3) is 0 Å². The van der Waals surface area contributed by atoms with Crippen molar-refractivity contribution in [2.24, 2.45) is 0 Å². The molecule has 16 heavy (non-hydrogen) atoms. The topological polar surface area (TPSA) is 55.2 Å². The fourth-order valence-corrected chi connectivity index (χ4v) is 1.39. The monoisotopic (exact) mass is 216 g/mol. The van der Waals surface area contributed by atoms with E-state index in [4.69, 9.17) is 4.74 Å². The molecular formula is C12H12N2O2. The van der Waals surface area contributed by atoms with Crippen molar-refractivity contribution >= 4 is 0 Å². The maximum Gasteiger partial charge on any atom is 0.222 e. The van der Waals surface area contributed by atoms with Gasteiger partial charge in [0.25, 0.3) is 0 Å². The van der Waals surface area contributed by atoms with Gasteiger partial charge in [0, 0.05) is 17.8 Å². The molecule has 0 spiro atoms. The maximum absolute atomic E-state index is 9.41. The van der Waals surface area contributed by atoms with Crippen LogP contribution in [0, 0.1) is 13.8 Å². The lowest BCUT2D eigenvalue weighted by atomic mass is 10.2. The third kappa shape index (κ3) is 2.48. The first-order valence-corrected chi connectivity index (χ1v) is 4.90. The number of phenolic OH excluding ortho intramolecular Hbond substituents is 1. The van der Waals surface area contributed by atoms with E-state index in [0.717, 1.165) is 11.3 Å². The molecule has 0 unspecified atom stereocenters. The number of benzene rings is 1. The number of hydrogen-bond acceptors (Lipinski definition) is 4. The van der Waals surface area contributed by atoms with Crippen molar-refractivity contribution in [1.29, 1.82) is 0 Å². The second-order valence-electron chi connectivity index (χ2n) is 3.60. The number of nitrogens with zero attached hydrogens (tertiary/aromatic N) is 2. The Labute approximate surface area is 93.6 Å². The van der Waals surface area contributed by atoms with Crippen LogP contribution in [0.4, 0.5) is 0 Å². The number of ether oxygens (including phenoxy) is 1. The van der Waals surface area contributed by atoms with Crippen LogP contribution in [0.1, 0.15) is 11.3 Å². The lowest BCUT2D eigenvalue weighted by Crippen LogP contribution is -1.90. The molecule has 82 valence electrons. The van der Waals surface area contributed by atoms with Gasteiger partial charge in [0.2, 0.25) is 5.88 Å². The van der Waals surface area contributed by atoms with Crippen molar-refractivity contribution < 1.29 is 9.84 Å². The average Bonchev–Trinajstić information content (AvgIpc) is 2.15. The van der Waals surface area contributed by atoms with Crippen molar-refractivity contribution in [3.63, 3.8) is 0 Å². The fraction of sp³-hybridized carbons (Fsp3) is 0.167. The zero-order valence-corrected chi connectivity index (χ0v) is 9.14. The molecule has 2 rings (SSSR count). The average molecular weight is 216 g/mol. The van der Waals surface area contributed by atoms with E-state index in [1.807, 2.05) is 19.9 Å². The van der Waals surface area contributed by atoms with Gasteiger partial charge in [-0.15, -0.1) is 0 Å². The normalized spacial score (nSPS) is 10.1. The van der Waals surface area contributed by atoms with Crippen LogP contribution in [0.5, 0.6) is 17.4 Å². The number of phenols is 1. The lowest BCUT2D eigenvalue weighted by molar-refractivity contribution is 0.443. The van der Waals surface area contributed by atoms with Crippen molar-refractivity contribution in [2.75, 3.05) is 0 Å². The molecule has 1 aromatic carbocycles. The zero-order chi connectivity index (χ0) is 11.5. The Morgan fingerprint density at radius 3 is 2.56 bits per heavy atom. The number of aromatic nitrogens is 2. The summed E-state index contributed by atoms with van der Waals surface area (Å²) in [6.07, 6.45) is 1.44. The minimum absolute atomic E-state index is 0.181. The van der Waals surface area contributed by atoms with Gasteiger partial charge in [0.05, 0.1) is 0 Å². The summed E-state index contributed by atoms with van der Waals surface area (Å²) in [5.41, 5.74) is 1.77. The Morgan fingerprint density at radius 1 is 1.06 bits per heavy atom. The molecule has 1 N–H and O–H groups in total. The molecular weight excluding hydrogens is 204 g/mol. The fourth-order valence-electron chi connectivity index (χ4n) is 1.39. The van der Waals surface area contributed by atoms with Gasteiger partial charge in [-0.05, 0) is 31.5 Å². The molecule has 0 atom stereocenters. The Balaban J connectivity index is 2.27. The van der Waals surface area contributed by atoms with E-state index < -0.39 is 0 Å². The molecule has 0 aliphatic rings. The van der Waals surface area contributed by atoms with Crippen LogP contribution in [-0.2, 0) is 0 Å². The Bertz CT molecular complexity index is 492. The summed E-state index contributed by atoms with van der Waals surface area (Å²) in [6, 6.07) is 6.78. The molecule has 0 aliphatic heterocycles. The van der Waals surface area contributed by atoms with E-state index in [0.29, 0.717) is 11.6 Å². The Hall–Kier alpha value is -2.10. The molecule has 0 saturated heterocycles. The summed E-state index contributed by atoms with van der Waals surface area (Å²) in [5.74, 6) is 1.22. The van der Waals surface area contributed by atoms with E-state index in [1.54, 1.807) is 18.2 Å². The third-order valence-corrected chi connectivity index (χ3v) is 2.04. The zero-order valence-electron chi connectivity index (χ0n) is 9.14. The van der Waals surface area contributed by atoms with Gasteiger partial charge < -0.3 is 9.84 Å².